The topological polar surface area (TPSA) is 61.4 Å². The fourth-order valence-corrected chi connectivity index (χ4v) is 3.73. The molecule has 2 fully saturated rings. The first-order chi connectivity index (χ1) is 11.1. The number of likely N-dealkylation sites (tertiary alicyclic amines) is 1. The Kier molecular flexibility index (Phi) is 7.34. The summed E-state index contributed by atoms with van der Waals surface area (Å²) >= 11 is 0. The molecule has 0 spiro atoms. The van der Waals surface area contributed by atoms with Crippen LogP contribution in [0.4, 0.5) is 0 Å². The zero-order valence-electron chi connectivity index (χ0n) is 14.8. The number of hydrogen-bond acceptors (Lipinski definition) is 3. The molecule has 1 saturated heterocycles. The molecule has 0 unspecified atom stereocenters. The van der Waals surface area contributed by atoms with Gasteiger partial charge in [0.05, 0.1) is 0 Å². The van der Waals surface area contributed by atoms with Gasteiger partial charge < -0.3 is 10.6 Å². The van der Waals surface area contributed by atoms with Crippen LogP contribution in [-0.2, 0) is 9.59 Å². The molecule has 0 bridgehead atoms. The fraction of sp³-hybridized carbons (Fsp3) is 0.889. The van der Waals surface area contributed by atoms with E-state index in [4.69, 9.17) is 0 Å². The van der Waals surface area contributed by atoms with Crippen molar-refractivity contribution in [3.05, 3.63) is 0 Å². The Balaban J connectivity index is 1.64. The molecule has 5 nitrogen and oxygen atoms in total. The second-order valence-electron chi connectivity index (χ2n) is 7.33. The normalized spacial score (nSPS) is 22.5. The highest BCUT2D eigenvalue weighted by atomic mass is 16.2. The van der Waals surface area contributed by atoms with Gasteiger partial charge >= 0.3 is 0 Å². The third-order valence-electron chi connectivity index (χ3n) is 5.31. The second kappa shape index (κ2) is 9.26. The van der Waals surface area contributed by atoms with Gasteiger partial charge in [-0.1, -0.05) is 19.3 Å². The van der Waals surface area contributed by atoms with Crippen molar-refractivity contribution < 1.29 is 9.59 Å². The van der Waals surface area contributed by atoms with Gasteiger partial charge in [-0.25, -0.2) is 0 Å². The summed E-state index contributed by atoms with van der Waals surface area (Å²) in [6.45, 7) is 6.84. The van der Waals surface area contributed by atoms with Gasteiger partial charge in [-0.2, -0.15) is 0 Å². The van der Waals surface area contributed by atoms with Crippen molar-refractivity contribution in [2.75, 3.05) is 19.6 Å². The van der Waals surface area contributed by atoms with Crippen molar-refractivity contribution >= 4 is 11.8 Å². The smallest absolute Gasteiger partial charge is 0.242 e. The molecule has 0 aromatic carbocycles. The molecule has 2 atom stereocenters. The van der Waals surface area contributed by atoms with Crippen LogP contribution in [0.25, 0.3) is 0 Å². The molecule has 2 aliphatic rings. The van der Waals surface area contributed by atoms with E-state index in [-0.39, 0.29) is 11.8 Å². The average Bonchev–Trinajstić information content (AvgIpc) is 3.07. The van der Waals surface area contributed by atoms with Crippen molar-refractivity contribution in [2.45, 2.75) is 77.3 Å². The lowest BCUT2D eigenvalue weighted by molar-refractivity contribution is -0.129. The maximum atomic E-state index is 12.1. The fourth-order valence-electron chi connectivity index (χ4n) is 3.73. The SMILES string of the molecule is C[C@H](NC(=O)CC1CCCCC1)C(=O)NC[C@H](C)N1CCCC1. The van der Waals surface area contributed by atoms with Gasteiger partial charge in [-0.05, 0) is 58.5 Å². The first kappa shape index (κ1) is 18.2. The van der Waals surface area contributed by atoms with Crippen LogP contribution < -0.4 is 10.6 Å². The van der Waals surface area contributed by atoms with Crippen molar-refractivity contribution in [1.82, 2.24) is 15.5 Å². The van der Waals surface area contributed by atoms with Crippen molar-refractivity contribution in [2.24, 2.45) is 5.92 Å². The first-order valence-electron chi connectivity index (χ1n) is 9.37. The summed E-state index contributed by atoms with van der Waals surface area (Å²) in [6, 6.07) is -0.0801. The number of nitrogens with one attached hydrogen (secondary N) is 2. The molecule has 1 aliphatic carbocycles. The highest BCUT2D eigenvalue weighted by molar-refractivity contribution is 5.87. The van der Waals surface area contributed by atoms with Crippen molar-refractivity contribution in [1.29, 1.82) is 0 Å². The summed E-state index contributed by atoms with van der Waals surface area (Å²) in [5.41, 5.74) is 0. The van der Waals surface area contributed by atoms with Crippen LogP contribution in [-0.4, -0.2) is 48.4 Å². The predicted octanol–water partition coefficient (Wildman–Crippen LogP) is 2.06. The van der Waals surface area contributed by atoms with Gasteiger partial charge in [0.1, 0.15) is 6.04 Å². The summed E-state index contributed by atoms with van der Waals surface area (Å²) in [5, 5.41) is 5.83. The minimum atomic E-state index is -0.447. The van der Waals surface area contributed by atoms with Crippen LogP contribution in [0.15, 0.2) is 0 Å². The van der Waals surface area contributed by atoms with E-state index in [2.05, 4.69) is 22.5 Å². The van der Waals surface area contributed by atoms with E-state index in [1.54, 1.807) is 6.92 Å². The summed E-state index contributed by atoms with van der Waals surface area (Å²) in [6.07, 6.45) is 9.17. The zero-order valence-corrected chi connectivity index (χ0v) is 14.8. The van der Waals surface area contributed by atoms with E-state index in [1.165, 1.54) is 32.1 Å². The van der Waals surface area contributed by atoms with Crippen molar-refractivity contribution in [3.63, 3.8) is 0 Å². The maximum absolute atomic E-state index is 12.1. The molecule has 23 heavy (non-hydrogen) atoms. The molecule has 132 valence electrons. The highest BCUT2D eigenvalue weighted by Gasteiger charge is 2.22. The summed E-state index contributed by atoms with van der Waals surface area (Å²) in [4.78, 5) is 26.6. The largest absolute Gasteiger partial charge is 0.353 e. The molecule has 0 aromatic heterocycles. The molecular weight excluding hydrogens is 290 g/mol. The third-order valence-corrected chi connectivity index (χ3v) is 5.31. The Hall–Kier alpha value is -1.10. The third kappa shape index (κ3) is 6.13. The number of rotatable bonds is 7. The van der Waals surface area contributed by atoms with Gasteiger partial charge in [0, 0.05) is 19.0 Å². The Morgan fingerprint density at radius 3 is 2.35 bits per heavy atom. The summed E-state index contributed by atoms with van der Waals surface area (Å²) in [5.74, 6) is 0.453. The van der Waals surface area contributed by atoms with Crippen LogP contribution in [0.1, 0.15) is 65.2 Å². The second-order valence-corrected chi connectivity index (χ2v) is 7.33. The summed E-state index contributed by atoms with van der Waals surface area (Å²) < 4.78 is 0. The van der Waals surface area contributed by atoms with E-state index in [1.807, 2.05) is 0 Å². The Morgan fingerprint density at radius 1 is 1.04 bits per heavy atom. The molecular formula is C18H33N3O2. The Morgan fingerprint density at radius 2 is 1.70 bits per heavy atom. The minimum absolute atomic E-state index is 0.0205. The molecule has 1 heterocycles. The summed E-state index contributed by atoms with van der Waals surface area (Å²) in [7, 11) is 0. The lowest BCUT2D eigenvalue weighted by atomic mass is 9.87. The van der Waals surface area contributed by atoms with E-state index < -0.39 is 6.04 Å². The van der Waals surface area contributed by atoms with E-state index in [0.29, 0.717) is 24.9 Å². The van der Waals surface area contributed by atoms with Gasteiger partial charge in [-0.3, -0.25) is 14.5 Å². The number of carbonyl (C=O) groups excluding carboxylic acids is 2. The molecule has 2 rings (SSSR count). The van der Waals surface area contributed by atoms with Gasteiger partial charge in [-0.15, -0.1) is 0 Å². The van der Waals surface area contributed by atoms with Crippen LogP contribution in [0.2, 0.25) is 0 Å². The van der Waals surface area contributed by atoms with Crippen LogP contribution >= 0.6 is 0 Å². The predicted molar refractivity (Wildman–Crippen MR) is 92.1 cm³/mol. The standard InChI is InChI=1S/C18H33N3O2/c1-14(21-10-6-7-11-21)13-19-18(23)15(2)20-17(22)12-16-8-4-3-5-9-16/h14-16H,3-13H2,1-2H3,(H,19,23)(H,20,22)/t14-,15-/m0/s1. The van der Waals surface area contributed by atoms with Crippen molar-refractivity contribution in [3.8, 4) is 0 Å². The lowest BCUT2D eigenvalue weighted by Gasteiger charge is -2.25. The molecule has 1 aliphatic heterocycles. The van der Waals surface area contributed by atoms with Gasteiger partial charge in [0.2, 0.25) is 11.8 Å². The highest BCUT2D eigenvalue weighted by Crippen LogP contribution is 2.26. The number of carbonyl (C=O) groups is 2. The van der Waals surface area contributed by atoms with E-state index >= 15 is 0 Å². The lowest BCUT2D eigenvalue weighted by Crippen LogP contribution is -2.48. The molecule has 0 aromatic rings. The minimum Gasteiger partial charge on any atom is -0.353 e. The first-order valence-corrected chi connectivity index (χ1v) is 9.37. The number of amides is 2. The monoisotopic (exact) mass is 323 g/mol. The average molecular weight is 323 g/mol. The molecule has 2 N–H and O–H groups in total. The zero-order chi connectivity index (χ0) is 16.7. The molecule has 5 heteroatoms. The molecule has 1 saturated carbocycles. The maximum Gasteiger partial charge on any atom is 0.242 e. The molecule has 2 amide bonds. The van der Waals surface area contributed by atoms with Gasteiger partial charge in [0.25, 0.3) is 0 Å². The van der Waals surface area contributed by atoms with Crippen LogP contribution in [0, 0.1) is 5.92 Å². The van der Waals surface area contributed by atoms with E-state index in [9.17, 15) is 9.59 Å². The Bertz CT molecular complexity index is 388. The van der Waals surface area contributed by atoms with Crippen LogP contribution in [0.3, 0.4) is 0 Å². The number of hydrogen-bond donors (Lipinski definition) is 2. The van der Waals surface area contributed by atoms with Gasteiger partial charge in [0.15, 0.2) is 0 Å². The van der Waals surface area contributed by atoms with Crippen LogP contribution in [0.5, 0.6) is 0 Å². The quantitative estimate of drug-likeness (QED) is 0.754. The van der Waals surface area contributed by atoms with E-state index in [0.717, 1.165) is 25.9 Å². The number of nitrogens with zero attached hydrogens (tertiary/aromatic N) is 1. The Labute approximate surface area is 140 Å². The molecule has 0 radical (unpaired) electrons.